The van der Waals surface area contributed by atoms with Gasteiger partial charge in [-0.2, -0.15) is 0 Å². The number of unbranched alkanes of at least 4 members (excludes halogenated alkanes) is 3. The predicted molar refractivity (Wildman–Crippen MR) is 138 cm³/mol. The van der Waals surface area contributed by atoms with Crippen LogP contribution in [0.2, 0.25) is 0 Å². The third-order valence-electron chi connectivity index (χ3n) is 7.10. The second-order valence-electron chi connectivity index (χ2n) is 10.7. The summed E-state index contributed by atoms with van der Waals surface area (Å²) in [5, 5.41) is 23.5. The summed E-state index contributed by atoms with van der Waals surface area (Å²) in [6.07, 6.45) is 6.25. The van der Waals surface area contributed by atoms with Crippen molar-refractivity contribution in [2.75, 3.05) is 13.2 Å². The van der Waals surface area contributed by atoms with Crippen LogP contribution in [-0.4, -0.2) is 35.2 Å². The van der Waals surface area contributed by atoms with E-state index in [0.717, 1.165) is 44.1 Å². The highest BCUT2D eigenvalue weighted by Gasteiger charge is 2.37. The maximum atomic E-state index is 12.2. The van der Waals surface area contributed by atoms with Gasteiger partial charge in [-0.15, -0.1) is 0 Å². The van der Waals surface area contributed by atoms with Gasteiger partial charge < -0.3 is 19.8 Å². The molecule has 0 heterocycles. The molecule has 0 aliphatic heterocycles. The van der Waals surface area contributed by atoms with E-state index >= 15 is 0 Å². The van der Waals surface area contributed by atoms with Crippen molar-refractivity contribution in [2.45, 2.75) is 84.0 Å². The number of phenolic OH excluding ortho intramolecular Hbond substituents is 1. The number of rotatable bonds is 10. The first-order valence-corrected chi connectivity index (χ1v) is 12.6. The molecule has 190 valence electrons. The molecule has 2 aromatic carbocycles. The molecule has 0 bridgehead atoms. The Morgan fingerprint density at radius 3 is 2.34 bits per heavy atom. The molecule has 35 heavy (non-hydrogen) atoms. The number of hydrogen-bond acceptors (Lipinski definition) is 6. The lowest BCUT2D eigenvalue weighted by atomic mass is 9.63. The maximum Gasteiger partial charge on any atom is 0.341 e. The fourth-order valence-electron chi connectivity index (χ4n) is 4.64. The van der Waals surface area contributed by atoms with Crippen molar-refractivity contribution in [3.63, 3.8) is 0 Å². The first kappa shape index (κ1) is 26.6. The highest BCUT2D eigenvalue weighted by Crippen LogP contribution is 2.46. The average molecular weight is 482 g/mol. The van der Waals surface area contributed by atoms with Gasteiger partial charge in [-0.05, 0) is 59.4 Å². The number of benzene rings is 2. The van der Waals surface area contributed by atoms with Gasteiger partial charge in [0, 0.05) is 11.6 Å². The molecule has 3 rings (SSSR count). The topological polar surface area (TPSA) is 88.4 Å². The fourth-order valence-corrected chi connectivity index (χ4v) is 4.64. The smallest absolute Gasteiger partial charge is 0.341 e. The number of hydrogen-bond donors (Lipinski definition) is 2. The molecule has 0 amide bonds. The lowest BCUT2D eigenvalue weighted by Crippen LogP contribution is -2.34. The summed E-state index contributed by atoms with van der Waals surface area (Å²) < 4.78 is 11.0. The van der Waals surface area contributed by atoms with E-state index < -0.39 is 5.97 Å². The van der Waals surface area contributed by atoms with Crippen molar-refractivity contribution in [1.29, 1.82) is 0 Å². The van der Waals surface area contributed by atoms with E-state index in [1.165, 1.54) is 23.3 Å². The summed E-state index contributed by atoms with van der Waals surface area (Å²) in [5.41, 5.74) is 4.02. The molecular weight excluding hydrogens is 442 g/mol. The number of phenols is 1. The summed E-state index contributed by atoms with van der Waals surface area (Å²) in [4.78, 5) is 12.2. The fraction of sp³-hybridized carbons (Fsp3) is 0.517. The Bertz CT molecular complexity index is 1070. The van der Waals surface area contributed by atoms with Crippen LogP contribution in [0, 0.1) is 0 Å². The van der Waals surface area contributed by atoms with Crippen LogP contribution in [0.5, 0.6) is 11.5 Å². The summed E-state index contributed by atoms with van der Waals surface area (Å²) in [5.74, 6) is -0.397. The summed E-state index contributed by atoms with van der Waals surface area (Å²) in [6, 6.07) is 10.7. The van der Waals surface area contributed by atoms with E-state index in [0.29, 0.717) is 18.1 Å². The molecule has 2 aromatic rings. The highest BCUT2D eigenvalue weighted by molar-refractivity contribution is 6.01. The van der Waals surface area contributed by atoms with E-state index in [4.69, 9.17) is 9.47 Å². The molecule has 2 N–H and O–H groups in total. The van der Waals surface area contributed by atoms with Crippen LogP contribution in [0.25, 0.3) is 0 Å². The van der Waals surface area contributed by atoms with Crippen LogP contribution in [0.4, 0.5) is 0 Å². The van der Waals surface area contributed by atoms with Crippen molar-refractivity contribution in [1.82, 2.24) is 0 Å². The number of nitrogens with zero attached hydrogens (tertiary/aromatic N) is 1. The number of carbonyl (C=O) groups is 1. The van der Waals surface area contributed by atoms with Gasteiger partial charge in [0.1, 0.15) is 29.4 Å². The number of carbonyl (C=O) groups excluding carboxylic acids is 1. The van der Waals surface area contributed by atoms with E-state index in [1.54, 1.807) is 6.07 Å². The normalized spacial score (nSPS) is 16.4. The zero-order valence-electron chi connectivity index (χ0n) is 21.7. The van der Waals surface area contributed by atoms with Crippen LogP contribution in [-0.2, 0) is 15.6 Å². The summed E-state index contributed by atoms with van der Waals surface area (Å²) in [7, 11) is 0. The lowest BCUT2D eigenvalue weighted by molar-refractivity contribution is 0.0494. The van der Waals surface area contributed by atoms with Gasteiger partial charge in [0.2, 0.25) is 0 Å². The highest BCUT2D eigenvalue weighted by atomic mass is 16.5. The number of esters is 1. The molecular formula is C29H39NO5. The van der Waals surface area contributed by atoms with Crippen molar-refractivity contribution in [3.8, 4) is 11.5 Å². The average Bonchev–Trinajstić information content (AvgIpc) is 2.82. The predicted octanol–water partition coefficient (Wildman–Crippen LogP) is 6.74. The van der Waals surface area contributed by atoms with Gasteiger partial charge in [-0.25, -0.2) is 4.79 Å². The number of fused-ring (bicyclic) bond motifs is 1. The van der Waals surface area contributed by atoms with Gasteiger partial charge >= 0.3 is 5.97 Å². The van der Waals surface area contributed by atoms with Crippen molar-refractivity contribution in [3.05, 3.63) is 58.7 Å². The molecule has 0 unspecified atom stereocenters. The minimum absolute atomic E-state index is 0.0137. The number of ether oxygens (including phenoxy) is 2. The first-order valence-electron chi connectivity index (χ1n) is 12.6. The van der Waals surface area contributed by atoms with E-state index in [-0.39, 0.29) is 28.7 Å². The van der Waals surface area contributed by atoms with E-state index in [9.17, 15) is 15.1 Å². The summed E-state index contributed by atoms with van der Waals surface area (Å²) in [6.45, 7) is 11.5. The molecule has 0 fully saturated rings. The molecule has 0 spiro atoms. The third kappa shape index (κ3) is 6.36. The van der Waals surface area contributed by atoms with Crippen LogP contribution in [0.1, 0.15) is 100 Å². The second-order valence-corrected chi connectivity index (χ2v) is 10.7. The lowest BCUT2D eigenvalue weighted by Gasteiger charge is -2.42. The minimum Gasteiger partial charge on any atom is -0.507 e. The van der Waals surface area contributed by atoms with Crippen LogP contribution >= 0.6 is 0 Å². The number of oxime groups is 1. The molecule has 6 nitrogen and oxygen atoms in total. The zero-order chi connectivity index (χ0) is 25.6. The van der Waals surface area contributed by atoms with E-state index in [1.807, 2.05) is 6.07 Å². The molecule has 1 aliphatic rings. The van der Waals surface area contributed by atoms with Gasteiger partial charge in [0.05, 0.1) is 6.61 Å². The first-order chi connectivity index (χ1) is 16.6. The van der Waals surface area contributed by atoms with Gasteiger partial charge in [0.15, 0.2) is 0 Å². The van der Waals surface area contributed by atoms with Crippen molar-refractivity contribution < 1.29 is 24.6 Å². The Kier molecular flexibility index (Phi) is 8.47. The largest absolute Gasteiger partial charge is 0.507 e. The molecule has 0 saturated carbocycles. The second kappa shape index (κ2) is 11.1. The third-order valence-corrected chi connectivity index (χ3v) is 7.10. The molecule has 0 aromatic heterocycles. The van der Waals surface area contributed by atoms with Gasteiger partial charge in [0.25, 0.3) is 0 Å². The molecule has 0 radical (unpaired) electrons. The Morgan fingerprint density at radius 1 is 0.971 bits per heavy atom. The SMILES string of the molecule is CCCCCCOC(=O)c1ccc(OC/C(=N/O)c2ccc3c(c2)C(C)(C)CCC3(C)C)cc1O. The maximum absolute atomic E-state index is 12.2. The van der Waals surface area contributed by atoms with Gasteiger partial charge in [-0.1, -0.05) is 71.2 Å². The Hall–Kier alpha value is -3.02. The van der Waals surface area contributed by atoms with E-state index in [2.05, 4.69) is 51.9 Å². The monoisotopic (exact) mass is 481 g/mol. The molecule has 0 atom stereocenters. The minimum atomic E-state index is -0.553. The summed E-state index contributed by atoms with van der Waals surface area (Å²) >= 11 is 0. The quantitative estimate of drug-likeness (QED) is 0.129. The molecule has 1 aliphatic carbocycles. The van der Waals surface area contributed by atoms with Gasteiger partial charge in [-0.3, -0.25) is 0 Å². The van der Waals surface area contributed by atoms with Crippen LogP contribution in [0.3, 0.4) is 0 Å². The van der Waals surface area contributed by atoms with Crippen LogP contribution in [0.15, 0.2) is 41.6 Å². The number of aromatic hydroxyl groups is 1. The van der Waals surface area contributed by atoms with Crippen molar-refractivity contribution in [2.24, 2.45) is 5.16 Å². The Labute approximate surface area is 209 Å². The Balaban J connectivity index is 1.67. The standard InChI is InChI=1S/C29H39NO5/c1-6-7-8-9-16-34-27(32)22-12-11-21(18-26(22)31)35-19-25(30-33)20-10-13-23-24(17-20)29(4,5)15-14-28(23,2)3/h10-13,17-18,31,33H,6-9,14-16,19H2,1-5H3/b30-25-. The molecule has 0 saturated heterocycles. The Morgan fingerprint density at radius 2 is 1.69 bits per heavy atom. The van der Waals surface area contributed by atoms with Crippen molar-refractivity contribution >= 4 is 11.7 Å². The zero-order valence-corrected chi connectivity index (χ0v) is 21.7. The van der Waals surface area contributed by atoms with Crippen LogP contribution < -0.4 is 4.74 Å². The molecule has 6 heteroatoms.